The van der Waals surface area contributed by atoms with Crippen molar-refractivity contribution in [3.63, 3.8) is 0 Å². The zero-order valence-corrected chi connectivity index (χ0v) is 14.8. The van der Waals surface area contributed by atoms with Gasteiger partial charge in [0, 0.05) is 12.1 Å². The van der Waals surface area contributed by atoms with Crippen molar-refractivity contribution >= 4 is 9.84 Å². The molecule has 0 atom stereocenters. The SMILES string of the molecule is CC(C)S(=O)(=O)CCC1(CNC(C)(C)C)CCCCC1. The smallest absolute Gasteiger partial charge is 0.152 e. The Morgan fingerprint density at radius 2 is 1.65 bits per heavy atom. The van der Waals surface area contributed by atoms with Gasteiger partial charge in [-0.2, -0.15) is 0 Å². The third-order valence-corrected chi connectivity index (χ3v) is 6.75. The van der Waals surface area contributed by atoms with Gasteiger partial charge < -0.3 is 5.32 Å². The molecule has 0 saturated heterocycles. The molecule has 1 saturated carbocycles. The monoisotopic (exact) mass is 303 g/mol. The van der Waals surface area contributed by atoms with E-state index >= 15 is 0 Å². The summed E-state index contributed by atoms with van der Waals surface area (Å²) in [5.74, 6) is 0.344. The second kappa shape index (κ2) is 6.78. The second-order valence-electron chi connectivity index (χ2n) is 7.83. The highest BCUT2D eigenvalue weighted by molar-refractivity contribution is 7.91. The number of rotatable bonds is 6. The first kappa shape index (κ1) is 18.0. The van der Waals surface area contributed by atoms with E-state index in [1.54, 1.807) is 13.8 Å². The lowest BCUT2D eigenvalue weighted by atomic mass is 9.72. The lowest BCUT2D eigenvalue weighted by Crippen LogP contribution is -2.45. The highest BCUT2D eigenvalue weighted by Gasteiger charge is 2.34. The van der Waals surface area contributed by atoms with E-state index in [4.69, 9.17) is 0 Å². The fraction of sp³-hybridized carbons (Fsp3) is 1.00. The molecule has 1 fully saturated rings. The number of hydrogen-bond acceptors (Lipinski definition) is 3. The van der Waals surface area contributed by atoms with E-state index in [1.807, 2.05) is 0 Å². The predicted octanol–water partition coefficient (Wildman–Crippen LogP) is 3.54. The van der Waals surface area contributed by atoms with E-state index in [9.17, 15) is 8.42 Å². The predicted molar refractivity (Wildman–Crippen MR) is 86.8 cm³/mol. The minimum atomic E-state index is -2.92. The van der Waals surface area contributed by atoms with E-state index in [-0.39, 0.29) is 16.2 Å². The molecule has 3 nitrogen and oxygen atoms in total. The van der Waals surface area contributed by atoms with E-state index in [0.29, 0.717) is 5.75 Å². The minimum absolute atomic E-state index is 0.0986. The summed E-state index contributed by atoms with van der Waals surface area (Å²) in [5.41, 5.74) is 0.287. The average molecular weight is 304 g/mol. The molecule has 0 spiro atoms. The Morgan fingerprint density at radius 3 is 2.10 bits per heavy atom. The van der Waals surface area contributed by atoms with E-state index in [2.05, 4.69) is 26.1 Å². The summed E-state index contributed by atoms with van der Waals surface area (Å²) in [6.07, 6.45) is 6.94. The van der Waals surface area contributed by atoms with Crippen molar-refractivity contribution < 1.29 is 8.42 Å². The van der Waals surface area contributed by atoms with Crippen LogP contribution in [-0.4, -0.2) is 31.5 Å². The summed E-state index contributed by atoms with van der Waals surface area (Å²) < 4.78 is 24.2. The Balaban J connectivity index is 2.69. The maximum absolute atomic E-state index is 12.1. The van der Waals surface area contributed by atoms with Crippen molar-refractivity contribution in [1.29, 1.82) is 0 Å². The van der Waals surface area contributed by atoms with Gasteiger partial charge >= 0.3 is 0 Å². The molecule has 0 unspecified atom stereocenters. The third kappa shape index (κ3) is 5.72. The van der Waals surface area contributed by atoms with Crippen molar-refractivity contribution in [3.8, 4) is 0 Å². The van der Waals surface area contributed by atoms with Gasteiger partial charge in [-0.05, 0) is 59.3 Å². The zero-order valence-electron chi connectivity index (χ0n) is 14.0. The fourth-order valence-corrected chi connectivity index (χ4v) is 4.05. The van der Waals surface area contributed by atoms with Crippen molar-refractivity contribution in [3.05, 3.63) is 0 Å². The largest absolute Gasteiger partial charge is 0.312 e. The highest BCUT2D eigenvalue weighted by atomic mass is 32.2. The first-order chi connectivity index (χ1) is 9.06. The first-order valence-corrected chi connectivity index (χ1v) is 9.75. The molecule has 0 amide bonds. The third-order valence-electron chi connectivity index (χ3n) is 4.54. The van der Waals surface area contributed by atoms with Gasteiger partial charge in [0.05, 0.1) is 11.0 Å². The minimum Gasteiger partial charge on any atom is -0.312 e. The van der Waals surface area contributed by atoms with Gasteiger partial charge in [0.25, 0.3) is 0 Å². The maximum atomic E-state index is 12.1. The summed E-state index contributed by atoms with van der Waals surface area (Å²) >= 11 is 0. The van der Waals surface area contributed by atoms with Gasteiger partial charge in [0.1, 0.15) is 0 Å². The van der Waals surface area contributed by atoms with E-state index < -0.39 is 9.84 Å². The Hall–Kier alpha value is -0.0900. The molecule has 4 heteroatoms. The molecule has 20 heavy (non-hydrogen) atoms. The molecule has 120 valence electrons. The molecule has 1 N–H and O–H groups in total. The average Bonchev–Trinajstić information content (AvgIpc) is 2.35. The van der Waals surface area contributed by atoms with Gasteiger partial charge in [-0.15, -0.1) is 0 Å². The molecule has 0 heterocycles. The lowest BCUT2D eigenvalue weighted by Gasteiger charge is -2.40. The molecular formula is C16H33NO2S. The van der Waals surface area contributed by atoms with Crippen molar-refractivity contribution in [2.75, 3.05) is 12.3 Å². The second-order valence-corrected chi connectivity index (χ2v) is 10.5. The molecule has 1 aliphatic rings. The van der Waals surface area contributed by atoms with E-state index in [1.165, 1.54) is 32.1 Å². The Bertz CT molecular complexity index is 387. The summed E-state index contributed by atoms with van der Waals surface area (Å²) in [7, 11) is -2.92. The first-order valence-electron chi connectivity index (χ1n) is 8.03. The molecule has 0 bridgehead atoms. The van der Waals surface area contributed by atoms with Crippen LogP contribution in [0, 0.1) is 5.41 Å². The van der Waals surface area contributed by atoms with Crippen LogP contribution in [0.4, 0.5) is 0 Å². The van der Waals surface area contributed by atoms with Gasteiger partial charge in [0.15, 0.2) is 9.84 Å². The van der Waals surface area contributed by atoms with E-state index in [0.717, 1.165) is 13.0 Å². The van der Waals surface area contributed by atoms with Crippen LogP contribution in [0.3, 0.4) is 0 Å². The number of nitrogens with one attached hydrogen (secondary N) is 1. The van der Waals surface area contributed by atoms with Gasteiger partial charge in [0.2, 0.25) is 0 Å². The van der Waals surface area contributed by atoms with Crippen LogP contribution in [-0.2, 0) is 9.84 Å². The quantitative estimate of drug-likeness (QED) is 0.816. The molecule has 1 aliphatic carbocycles. The Morgan fingerprint density at radius 1 is 1.10 bits per heavy atom. The van der Waals surface area contributed by atoms with Gasteiger partial charge in [-0.1, -0.05) is 19.3 Å². The number of sulfone groups is 1. The van der Waals surface area contributed by atoms with Crippen molar-refractivity contribution in [2.45, 2.75) is 83.9 Å². The standard InChI is InChI=1S/C16H33NO2S/c1-14(2)20(18,19)12-11-16(9-7-6-8-10-16)13-17-15(3,4)5/h14,17H,6-13H2,1-5H3. The molecule has 1 rings (SSSR count). The maximum Gasteiger partial charge on any atom is 0.152 e. The normalized spacial score (nSPS) is 20.3. The molecule has 0 aromatic carbocycles. The molecule has 0 aromatic rings. The molecule has 0 aliphatic heterocycles. The molecule has 0 aromatic heterocycles. The highest BCUT2D eigenvalue weighted by Crippen LogP contribution is 2.39. The summed E-state index contributed by atoms with van der Waals surface area (Å²) in [4.78, 5) is 0. The van der Waals surface area contributed by atoms with Crippen LogP contribution >= 0.6 is 0 Å². The van der Waals surface area contributed by atoms with Gasteiger partial charge in [-0.25, -0.2) is 8.42 Å². The topological polar surface area (TPSA) is 46.2 Å². The number of hydrogen-bond donors (Lipinski definition) is 1. The Labute approximate surface area is 125 Å². The van der Waals surface area contributed by atoms with Crippen LogP contribution in [0.25, 0.3) is 0 Å². The van der Waals surface area contributed by atoms with Crippen LogP contribution in [0.1, 0.15) is 73.1 Å². The molecule has 0 radical (unpaired) electrons. The van der Waals surface area contributed by atoms with Crippen molar-refractivity contribution in [1.82, 2.24) is 5.32 Å². The van der Waals surface area contributed by atoms with Crippen LogP contribution in [0.2, 0.25) is 0 Å². The zero-order chi connectivity index (χ0) is 15.4. The fourth-order valence-electron chi connectivity index (χ4n) is 2.86. The summed E-state index contributed by atoms with van der Waals surface area (Å²) in [5, 5.41) is 3.35. The lowest BCUT2D eigenvalue weighted by molar-refractivity contribution is 0.160. The van der Waals surface area contributed by atoms with Crippen LogP contribution in [0.15, 0.2) is 0 Å². The molecular weight excluding hydrogens is 270 g/mol. The van der Waals surface area contributed by atoms with Crippen LogP contribution < -0.4 is 5.32 Å². The van der Waals surface area contributed by atoms with Gasteiger partial charge in [-0.3, -0.25) is 0 Å². The Kier molecular flexibility index (Phi) is 6.09. The van der Waals surface area contributed by atoms with Crippen LogP contribution in [0.5, 0.6) is 0 Å². The summed E-state index contributed by atoms with van der Waals surface area (Å²) in [6, 6.07) is 0. The van der Waals surface area contributed by atoms with Crippen molar-refractivity contribution in [2.24, 2.45) is 5.41 Å². The summed E-state index contributed by atoms with van der Waals surface area (Å²) in [6.45, 7) is 11.0.